The topological polar surface area (TPSA) is 83.7 Å². The summed E-state index contributed by atoms with van der Waals surface area (Å²) < 4.78 is 1.85. The number of hydrogen-bond acceptors (Lipinski definition) is 3. The Kier molecular flexibility index (Phi) is 3.37. The molecule has 6 nitrogen and oxygen atoms in total. The molecular formula is C15H17N3O3. The van der Waals surface area contributed by atoms with E-state index < -0.39 is 5.97 Å². The summed E-state index contributed by atoms with van der Waals surface area (Å²) in [6.07, 6.45) is 3.60. The fraction of sp³-hybridized carbons (Fsp3) is 0.400. The minimum Gasteiger partial charge on any atom is -0.481 e. The average molecular weight is 287 g/mol. The van der Waals surface area contributed by atoms with Gasteiger partial charge >= 0.3 is 5.97 Å². The smallest absolute Gasteiger partial charge is 0.305 e. The van der Waals surface area contributed by atoms with Crippen LogP contribution >= 0.6 is 0 Å². The zero-order valence-electron chi connectivity index (χ0n) is 11.7. The monoisotopic (exact) mass is 287 g/mol. The van der Waals surface area contributed by atoms with Crippen molar-refractivity contribution in [2.75, 3.05) is 0 Å². The van der Waals surface area contributed by atoms with E-state index in [1.807, 2.05) is 29.5 Å². The second kappa shape index (κ2) is 5.20. The second-order valence-electron chi connectivity index (χ2n) is 5.54. The largest absolute Gasteiger partial charge is 0.481 e. The van der Waals surface area contributed by atoms with Crippen LogP contribution in [0.4, 0.5) is 0 Å². The minimum atomic E-state index is -0.891. The summed E-state index contributed by atoms with van der Waals surface area (Å²) in [4.78, 5) is 27.4. The lowest BCUT2D eigenvalue weighted by Crippen LogP contribution is -2.38. The number of fused-ring (bicyclic) bond motifs is 1. The molecule has 0 radical (unpaired) electrons. The lowest BCUT2D eigenvalue weighted by molar-refractivity contribution is -0.137. The van der Waals surface area contributed by atoms with Crippen LogP contribution in [-0.4, -0.2) is 32.4 Å². The van der Waals surface area contributed by atoms with Crippen molar-refractivity contribution >= 4 is 17.5 Å². The Balaban J connectivity index is 1.79. The number of hydrogen-bond donors (Lipinski definition) is 2. The first-order chi connectivity index (χ1) is 10.0. The molecule has 21 heavy (non-hydrogen) atoms. The Labute approximate surface area is 121 Å². The molecule has 1 unspecified atom stereocenters. The number of nitrogens with one attached hydrogen (secondary N) is 1. The van der Waals surface area contributed by atoms with E-state index in [0.717, 1.165) is 18.5 Å². The molecule has 1 saturated carbocycles. The number of imidazole rings is 1. The number of carboxylic acid groups (broad SMARTS) is 1. The lowest BCUT2D eigenvalue weighted by atomic mass is 10.1. The minimum absolute atomic E-state index is 0.0389. The maximum atomic E-state index is 12.3. The molecule has 6 heteroatoms. The van der Waals surface area contributed by atoms with Crippen LogP contribution in [0.25, 0.3) is 5.65 Å². The predicted octanol–water partition coefficient (Wildman–Crippen LogP) is 1.63. The van der Waals surface area contributed by atoms with Gasteiger partial charge < -0.3 is 14.8 Å². The third-order valence-corrected chi connectivity index (χ3v) is 3.83. The Morgan fingerprint density at radius 2 is 2.24 bits per heavy atom. The number of aromatic nitrogens is 2. The van der Waals surface area contributed by atoms with E-state index in [0.29, 0.717) is 11.3 Å². The first kappa shape index (κ1) is 13.6. The van der Waals surface area contributed by atoms with Gasteiger partial charge in [0.15, 0.2) is 0 Å². The van der Waals surface area contributed by atoms with Crippen molar-refractivity contribution in [2.45, 2.75) is 32.2 Å². The number of amides is 1. The molecule has 1 aliphatic rings. The molecule has 2 heterocycles. The van der Waals surface area contributed by atoms with Crippen LogP contribution in [0.15, 0.2) is 24.4 Å². The van der Waals surface area contributed by atoms with Crippen molar-refractivity contribution in [2.24, 2.45) is 5.92 Å². The molecule has 1 aliphatic carbocycles. The number of pyridine rings is 1. The quantitative estimate of drug-likeness (QED) is 0.875. The van der Waals surface area contributed by atoms with Crippen molar-refractivity contribution in [3.63, 3.8) is 0 Å². The van der Waals surface area contributed by atoms with Gasteiger partial charge in [0.1, 0.15) is 11.3 Å². The number of carboxylic acids is 1. The molecule has 0 bridgehead atoms. The summed E-state index contributed by atoms with van der Waals surface area (Å²) in [6, 6.07) is 5.35. The highest BCUT2D eigenvalue weighted by Gasteiger charge is 2.34. The standard InChI is InChI=1S/C15H17N3O3/c1-9-3-2-4-13-16-12(8-18(9)13)15(21)17-11(7-14(19)20)10-5-6-10/h2-4,8,10-11H,5-7H2,1H3,(H,17,21)(H,19,20). The predicted molar refractivity (Wildman–Crippen MR) is 76.2 cm³/mol. The lowest BCUT2D eigenvalue weighted by Gasteiger charge is -2.15. The van der Waals surface area contributed by atoms with Crippen LogP contribution in [0.2, 0.25) is 0 Å². The highest BCUT2D eigenvalue weighted by Crippen LogP contribution is 2.34. The van der Waals surface area contributed by atoms with Crippen molar-refractivity contribution in [1.82, 2.24) is 14.7 Å². The van der Waals surface area contributed by atoms with Crippen molar-refractivity contribution in [3.8, 4) is 0 Å². The molecule has 3 rings (SSSR count). The fourth-order valence-electron chi connectivity index (χ4n) is 2.52. The van der Waals surface area contributed by atoms with E-state index in [1.165, 1.54) is 0 Å². The van der Waals surface area contributed by atoms with Crippen molar-refractivity contribution in [1.29, 1.82) is 0 Å². The zero-order valence-corrected chi connectivity index (χ0v) is 11.7. The molecule has 1 atom stereocenters. The Bertz CT molecular complexity index is 703. The van der Waals surface area contributed by atoms with Gasteiger partial charge in [-0.1, -0.05) is 6.07 Å². The molecule has 2 N–H and O–H groups in total. The molecule has 2 aromatic rings. The summed E-state index contributed by atoms with van der Waals surface area (Å²) >= 11 is 0. The van der Waals surface area contributed by atoms with Gasteiger partial charge in [-0.05, 0) is 37.8 Å². The van der Waals surface area contributed by atoms with Crippen LogP contribution < -0.4 is 5.32 Å². The van der Waals surface area contributed by atoms with Crippen LogP contribution in [0.1, 0.15) is 35.4 Å². The number of carbonyl (C=O) groups is 2. The SMILES string of the molecule is Cc1cccc2nc(C(=O)NC(CC(=O)O)C3CC3)cn12. The van der Waals surface area contributed by atoms with Gasteiger partial charge in [-0.25, -0.2) is 4.98 Å². The molecule has 0 saturated heterocycles. The van der Waals surface area contributed by atoms with Gasteiger partial charge in [0.05, 0.1) is 6.42 Å². The van der Waals surface area contributed by atoms with Crippen LogP contribution in [-0.2, 0) is 4.79 Å². The maximum Gasteiger partial charge on any atom is 0.305 e. The van der Waals surface area contributed by atoms with E-state index in [9.17, 15) is 9.59 Å². The Morgan fingerprint density at radius 3 is 2.86 bits per heavy atom. The fourth-order valence-corrected chi connectivity index (χ4v) is 2.52. The van der Waals surface area contributed by atoms with E-state index in [4.69, 9.17) is 5.11 Å². The number of carbonyl (C=O) groups excluding carboxylic acids is 1. The van der Waals surface area contributed by atoms with Gasteiger partial charge in [-0.2, -0.15) is 0 Å². The molecule has 1 amide bonds. The highest BCUT2D eigenvalue weighted by atomic mass is 16.4. The van der Waals surface area contributed by atoms with Gasteiger partial charge in [0, 0.05) is 17.9 Å². The van der Waals surface area contributed by atoms with Gasteiger partial charge in [-0.15, -0.1) is 0 Å². The van der Waals surface area contributed by atoms with Crippen LogP contribution in [0, 0.1) is 12.8 Å². The first-order valence-corrected chi connectivity index (χ1v) is 7.02. The highest BCUT2D eigenvalue weighted by molar-refractivity contribution is 5.93. The summed E-state index contributed by atoms with van der Waals surface area (Å²) in [7, 11) is 0. The third-order valence-electron chi connectivity index (χ3n) is 3.83. The first-order valence-electron chi connectivity index (χ1n) is 7.02. The zero-order chi connectivity index (χ0) is 15.0. The Morgan fingerprint density at radius 1 is 1.48 bits per heavy atom. The normalized spacial score (nSPS) is 15.9. The van der Waals surface area contributed by atoms with E-state index >= 15 is 0 Å². The molecular weight excluding hydrogens is 270 g/mol. The summed E-state index contributed by atoms with van der Waals surface area (Å²) in [5.74, 6) is -0.918. The molecule has 110 valence electrons. The second-order valence-corrected chi connectivity index (χ2v) is 5.54. The van der Waals surface area contributed by atoms with E-state index in [2.05, 4.69) is 10.3 Å². The third kappa shape index (κ3) is 2.89. The van der Waals surface area contributed by atoms with Gasteiger partial charge in [0.2, 0.25) is 0 Å². The van der Waals surface area contributed by atoms with Gasteiger partial charge in [0.25, 0.3) is 5.91 Å². The molecule has 0 aromatic carbocycles. The molecule has 2 aromatic heterocycles. The van der Waals surface area contributed by atoms with Crippen LogP contribution in [0.3, 0.4) is 0 Å². The van der Waals surface area contributed by atoms with Crippen molar-refractivity contribution in [3.05, 3.63) is 35.8 Å². The molecule has 0 spiro atoms. The van der Waals surface area contributed by atoms with Gasteiger partial charge in [-0.3, -0.25) is 9.59 Å². The number of rotatable bonds is 5. The summed E-state index contributed by atoms with van der Waals surface area (Å²) in [6.45, 7) is 1.94. The number of aliphatic carboxylic acids is 1. The molecule has 0 aliphatic heterocycles. The number of nitrogens with zero attached hydrogens (tertiary/aromatic N) is 2. The average Bonchev–Trinajstić information content (AvgIpc) is 3.17. The van der Waals surface area contributed by atoms with Crippen LogP contribution in [0.5, 0.6) is 0 Å². The number of aryl methyl sites for hydroxylation is 1. The Hall–Kier alpha value is -2.37. The molecule has 1 fully saturated rings. The van der Waals surface area contributed by atoms with E-state index in [1.54, 1.807) is 6.20 Å². The maximum absolute atomic E-state index is 12.3. The summed E-state index contributed by atoms with van der Waals surface area (Å²) in [5.41, 5.74) is 2.02. The van der Waals surface area contributed by atoms with E-state index in [-0.39, 0.29) is 24.3 Å². The van der Waals surface area contributed by atoms with Crippen molar-refractivity contribution < 1.29 is 14.7 Å². The summed E-state index contributed by atoms with van der Waals surface area (Å²) in [5, 5.41) is 11.7.